The molecule has 6 heteroatoms. The van der Waals surface area contributed by atoms with E-state index in [1.54, 1.807) is 0 Å². The van der Waals surface area contributed by atoms with E-state index >= 15 is 0 Å². The Morgan fingerprint density at radius 1 is 0.247 bits per heavy atom. The first-order valence-electron chi connectivity index (χ1n) is 32.3. The molecule has 6 nitrogen and oxygen atoms in total. The van der Waals surface area contributed by atoms with Crippen LogP contribution in [0.4, 0.5) is 0 Å². The molecule has 0 N–H and O–H groups in total. The fraction of sp³-hybridized carbons (Fsp3) is 0.560. The Hall–Kier alpha value is -5.49. The maximum Gasteiger partial charge on any atom is 0.306 e. The first-order chi connectivity index (χ1) is 40.0. The molecule has 0 amide bonds. The van der Waals surface area contributed by atoms with E-state index < -0.39 is 6.10 Å². The van der Waals surface area contributed by atoms with Crippen LogP contribution in [0.2, 0.25) is 0 Å². The highest BCUT2D eigenvalue weighted by Crippen LogP contribution is 2.14. The minimum atomic E-state index is -0.819. The second-order valence-corrected chi connectivity index (χ2v) is 20.5. The minimum Gasteiger partial charge on any atom is -0.462 e. The van der Waals surface area contributed by atoms with Crippen LogP contribution < -0.4 is 0 Å². The number of hydrogen-bond acceptors (Lipinski definition) is 6. The molecule has 0 radical (unpaired) electrons. The first-order valence-corrected chi connectivity index (χ1v) is 32.3. The van der Waals surface area contributed by atoms with E-state index in [1.807, 2.05) is 0 Å². The van der Waals surface area contributed by atoms with Crippen molar-refractivity contribution in [2.45, 2.75) is 258 Å². The van der Waals surface area contributed by atoms with Crippen molar-refractivity contribution in [3.8, 4) is 0 Å². The van der Waals surface area contributed by atoms with Crippen molar-refractivity contribution in [3.05, 3.63) is 182 Å². The highest BCUT2D eigenvalue weighted by molar-refractivity contribution is 5.71. The van der Waals surface area contributed by atoms with Crippen molar-refractivity contribution >= 4 is 17.9 Å². The lowest BCUT2D eigenvalue weighted by Gasteiger charge is -2.18. The quantitative estimate of drug-likeness (QED) is 0.0261. The predicted molar refractivity (Wildman–Crippen MR) is 352 cm³/mol. The van der Waals surface area contributed by atoms with E-state index in [4.69, 9.17) is 14.2 Å². The Balaban J connectivity index is 4.54. The zero-order valence-corrected chi connectivity index (χ0v) is 51.7. The lowest BCUT2D eigenvalue weighted by Crippen LogP contribution is -2.30. The molecule has 1 atom stereocenters. The summed E-state index contributed by atoms with van der Waals surface area (Å²) in [5.74, 6) is -0.977. The van der Waals surface area contributed by atoms with E-state index in [-0.39, 0.29) is 31.1 Å². The molecule has 0 aromatic rings. The number of carbonyl (C=O) groups is 3. The van der Waals surface area contributed by atoms with E-state index in [0.29, 0.717) is 19.3 Å². The lowest BCUT2D eigenvalue weighted by molar-refractivity contribution is -0.167. The molecule has 0 aromatic carbocycles. The van der Waals surface area contributed by atoms with Crippen LogP contribution in [0.1, 0.15) is 252 Å². The highest BCUT2D eigenvalue weighted by atomic mass is 16.6. The van der Waals surface area contributed by atoms with Gasteiger partial charge in [-0.25, -0.2) is 0 Å². The summed E-state index contributed by atoms with van der Waals surface area (Å²) in [5.41, 5.74) is 0. The van der Waals surface area contributed by atoms with Gasteiger partial charge in [0.2, 0.25) is 0 Å². The average Bonchev–Trinajstić information content (AvgIpc) is 3.47. The van der Waals surface area contributed by atoms with E-state index in [2.05, 4.69) is 203 Å². The lowest BCUT2D eigenvalue weighted by atomic mass is 10.1. The molecule has 0 spiro atoms. The van der Waals surface area contributed by atoms with Gasteiger partial charge in [-0.3, -0.25) is 14.4 Å². The Kier molecular flexibility index (Phi) is 62.5. The van der Waals surface area contributed by atoms with Crippen molar-refractivity contribution in [3.63, 3.8) is 0 Å². The number of carbonyl (C=O) groups excluding carboxylic acids is 3. The molecule has 0 saturated heterocycles. The average molecular weight is 1110 g/mol. The highest BCUT2D eigenvalue weighted by Gasteiger charge is 2.19. The second kappa shape index (κ2) is 67.0. The fourth-order valence-electron chi connectivity index (χ4n) is 8.17. The third kappa shape index (κ3) is 65.2. The molecule has 0 fully saturated rings. The molecule has 0 aliphatic heterocycles. The maximum absolute atomic E-state index is 12.9. The molecule has 0 rings (SSSR count). The molecular weight excluding hydrogens is 997 g/mol. The van der Waals surface area contributed by atoms with Gasteiger partial charge < -0.3 is 14.2 Å². The summed E-state index contributed by atoms with van der Waals surface area (Å²) >= 11 is 0. The number of rotatable bonds is 56. The van der Waals surface area contributed by atoms with Crippen LogP contribution in [0, 0.1) is 0 Å². The maximum atomic E-state index is 12.9. The predicted octanol–water partition coefficient (Wildman–Crippen LogP) is 22.4. The van der Waals surface area contributed by atoms with Crippen molar-refractivity contribution in [1.29, 1.82) is 0 Å². The zero-order valence-electron chi connectivity index (χ0n) is 51.7. The molecule has 0 heterocycles. The third-order valence-electron chi connectivity index (χ3n) is 12.9. The van der Waals surface area contributed by atoms with Crippen LogP contribution in [0.3, 0.4) is 0 Å². The van der Waals surface area contributed by atoms with Crippen LogP contribution >= 0.6 is 0 Å². The Labute approximate surface area is 497 Å². The minimum absolute atomic E-state index is 0.113. The number of esters is 3. The Bertz CT molecular complexity index is 1900. The van der Waals surface area contributed by atoms with Crippen molar-refractivity contribution in [2.75, 3.05) is 13.2 Å². The summed E-state index contributed by atoms with van der Waals surface area (Å²) in [5, 5.41) is 0. The molecular formula is C75H116O6. The van der Waals surface area contributed by atoms with Crippen LogP contribution in [0.5, 0.6) is 0 Å². The molecule has 0 aliphatic rings. The molecule has 0 saturated carbocycles. The van der Waals surface area contributed by atoms with Gasteiger partial charge in [0.15, 0.2) is 6.10 Å². The topological polar surface area (TPSA) is 78.9 Å². The van der Waals surface area contributed by atoms with Crippen molar-refractivity contribution in [2.24, 2.45) is 0 Å². The third-order valence-corrected chi connectivity index (χ3v) is 12.9. The number of allylic oxidation sites excluding steroid dienone is 30. The number of ether oxygens (including phenoxy) is 3. The van der Waals surface area contributed by atoms with Crippen LogP contribution in [-0.4, -0.2) is 37.2 Å². The van der Waals surface area contributed by atoms with Gasteiger partial charge >= 0.3 is 17.9 Å². The van der Waals surface area contributed by atoms with Gasteiger partial charge in [0, 0.05) is 19.3 Å². The fourth-order valence-corrected chi connectivity index (χ4v) is 8.17. The Morgan fingerprint density at radius 2 is 0.444 bits per heavy atom. The van der Waals surface area contributed by atoms with Crippen molar-refractivity contribution in [1.82, 2.24) is 0 Å². The molecule has 1 unspecified atom stereocenters. The Morgan fingerprint density at radius 3 is 0.691 bits per heavy atom. The molecule has 0 bridgehead atoms. The molecule has 0 aromatic heterocycles. The van der Waals surface area contributed by atoms with Gasteiger partial charge in [-0.2, -0.15) is 0 Å². The summed E-state index contributed by atoms with van der Waals surface area (Å²) in [7, 11) is 0. The molecule has 452 valence electrons. The standard InChI is InChI=1S/C75H116O6/c1-4-7-10-13-16-19-22-25-28-31-33-35-37-39-41-44-47-50-53-56-59-62-65-68-74(77)80-71-72(70-79-73(76)67-64-61-58-55-52-49-46-43-30-27-24-21-18-15-12-9-6-3)81-75(78)69-66-63-60-57-54-51-48-45-42-40-38-36-34-32-29-26-23-20-17-14-11-8-5-2/h7-12,16-21,25-30,33-36,39-42,46-47,49-50,72H,4-6,13-15,22-24,31-32,37-38,43-45,48,51-71H2,1-3H3/b10-7-,11-8-,12-9-,19-16-,20-17-,21-18-,28-25-,29-26-,30-27-,35-33-,36-34-,41-39-,42-40-,49-46-,50-47-. The summed E-state index contributed by atoms with van der Waals surface area (Å²) < 4.78 is 16.9. The number of hydrogen-bond donors (Lipinski definition) is 0. The smallest absolute Gasteiger partial charge is 0.306 e. The second-order valence-electron chi connectivity index (χ2n) is 20.5. The summed E-state index contributed by atoms with van der Waals surface area (Å²) in [4.78, 5) is 38.4. The van der Waals surface area contributed by atoms with Crippen molar-refractivity contribution < 1.29 is 28.6 Å². The van der Waals surface area contributed by atoms with Gasteiger partial charge in [-0.1, -0.05) is 261 Å². The van der Waals surface area contributed by atoms with Crippen LogP contribution in [0.15, 0.2) is 182 Å². The van der Waals surface area contributed by atoms with E-state index in [0.717, 1.165) is 193 Å². The summed E-state index contributed by atoms with van der Waals surface area (Å²) in [6.45, 7) is 6.24. The van der Waals surface area contributed by atoms with E-state index in [1.165, 1.54) is 19.3 Å². The normalized spacial score (nSPS) is 13.4. The van der Waals surface area contributed by atoms with Crippen LogP contribution in [0.25, 0.3) is 0 Å². The van der Waals surface area contributed by atoms with Crippen LogP contribution in [-0.2, 0) is 28.6 Å². The molecule has 81 heavy (non-hydrogen) atoms. The zero-order chi connectivity index (χ0) is 58.5. The monoisotopic (exact) mass is 1110 g/mol. The molecule has 0 aliphatic carbocycles. The van der Waals surface area contributed by atoms with Gasteiger partial charge in [-0.05, 0) is 154 Å². The van der Waals surface area contributed by atoms with E-state index in [9.17, 15) is 14.4 Å². The summed E-state index contributed by atoms with van der Waals surface area (Å²) in [6.07, 6.45) is 100. The SMILES string of the molecule is CC/C=C\C/C=C\C/C=C\C/C=C\C/C=C\C/C=C\CCCCCCC(=O)OCC(COC(=O)CCCCCC/C=C\C/C=C\C/C=C\C/C=C\CC)OC(=O)CCCCCCCCC/C=C\C/C=C\C/C=C\C/C=C\C/C=C\CC. The van der Waals surface area contributed by atoms with Gasteiger partial charge in [0.25, 0.3) is 0 Å². The first kappa shape index (κ1) is 75.5. The largest absolute Gasteiger partial charge is 0.462 e. The summed E-state index contributed by atoms with van der Waals surface area (Å²) in [6, 6.07) is 0. The van der Waals surface area contributed by atoms with Gasteiger partial charge in [0.1, 0.15) is 13.2 Å². The van der Waals surface area contributed by atoms with Gasteiger partial charge in [0.05, 0.1) is 0 Å². The van der Waals surface area contributed by atoms with Gasteiger partial charge in [-0.15, -0.1) is 0 Å². The number of unbranched alkanes of at least 4 members (excludes halogenated alkanes) is 15.